The molecule has 5 heteroatoms. The number of aryl methyl sites for hydroxylation is 1. The fraction of sp³-hybridized carbons (Fsp3) is 0.263. The van der Waals surface area contributed by atoms with Gasteiger partial charge in [-0.15, -0.1) is 0 Å². The van der Waals surface area contributed by atoms with Crippen LogP contribution in [0.25, 0.3) is 0 Å². The molecule has 24 heavy (non-hydrogen) atoms. The molecule has 0 aliphatic rings. The fourth-order valence-corrected chi connectivity index (χ4v) is 2.56. The minimum atomic E-state index is -0.848. The van der Waals surface area contributed by atoms with Crippen LogP contribution in [0.4, 0.5) is 4.79 Å². The lowest BCUT2D eigenvalue weighted by Gasteiger charge is -2.22. The van der Waals surface area contributed by atoms with Crippen LogP contribution in [0.1, 0.15) is 30.5 Å². The Bertz CT molecular complexity index is 659. The molecule has 0 spiro atoms. The number of imide groups is 1. The summed E-state index contributed by atoms with van der Waals surface area (Å²) < 4.78 is 0. The maximum Gasteiger partial charge on any atom is 0.318 e. The number of primary amides is 1. The predicted molar refractivity (Wildman–Crippen MR) is 94.3 cm³/mol. The Kier molecular flexibility index (Phi) is 6.51. The Morgan fingerprint density at radius 2 is 1.58 bits per heavy atom. The van der Waals surface area contributed by atoms with Crippen LogP contribution < -0.4 is 16.4 Å². The van der Waals surface area contributed by atoms with Gasteiger partial charge >= 0.3 is 6.03 Å². The average Bonchev–Trinajstić information content (AvgIpc) is 2.59. The minimum absolute atomic E-state index is 0.0917. The van der Waals surface area contributed by atoms with Crippen molar-refractivity contribution in [2.45, 2.75) is 31.8 Å². The van der Waals surface area contributed by atoms with Crippen molar-refractivity contribution in [1.29, 1.82) is 0 Å². The van der Waals surface area contributed by atoms with E-state index in [2.05, 4.69) is 22.8 Å². The zero-order valence-electron chi connectivity index (χ0n) is 13.7. The van der Waals surface area contributed by atoms with Crippen LogP contribution in [0.15, 0.2) is 60.7 Å². The van der Waals surface area contributed by atoms with Crippen LogP contribution in [0, 0.1) is 0 Å². The van der Waals surface area contributed by atoms with Gasteiger partial charge in [0, 0.05) is 6.04 Å². The Morgan fingerprint density at radius 1 is 1.00 bits per heavy atom. The monoisotopic (exact) mass is 325 g/mol. The van der Waals surface area contributed by atoms with Gasteiger partial charge in [-0.3, -0.25) is 15.4 Å². The van der Waals surface area contributed by atoms with Crippen molar-refractivity contribution in [1.82, 2.24) is 10.6 Å². The SMILES string of the molecule is C[C@@H](CCc1ccccc1)N[C@H](C(=O)NC(N)=O)c1ccccc1. The molecule has 3 amide bonds. The lowest BCUT2D eigenvalue weighted by Crippen LogP contribution is -2.45. The number of amides is 3. The molecule has 0 bridgehead atoms. The van der Waals surface area contributed by atoms with E-state index in [0.717, 1.165) is 18.4 Å². The van der Waals surface area contributed by atoms with Crippen LogP contribution in [-0.4, -0.2) is 18.0 Å². The first-order valence-corrected chi connectivity index (χ1v) is 8.01. The van der Waals surface area contributed by atoms with Gasteiger partial charge in [-0.1, -0.05) is 60.7 Å². The highest BCUT2D eigenvalue weighted by Gasteiger charge is 2.23. The normalized spacial score (nSPS) is 13.0. The van der Waals surface area contributed by atoms with Crippen molar-refractivity contribution in [3.63, 3.8) is 0 Å². The van der Waals surface area contributed by atoms with Gasteiger partial charge in [0.1, 0.15) is 6.04 Å². The summed E-state index contributed by atoms with van der Waals surface area (Å²) in [6.45, 7) is 2.02. The third-order valence-electron chi connectivity index (χ3n) is 3.80. The van der Waals surface area contributed by atoms with Crippen LogP contribution >= 0.6 is 0 Å². The van der Waals surface area contributed by atoms with Crippen molar-refractivity contribution in [2.24, 2.45) is 5.73 Å². The molecule has 0 saturated heterocycles. The molecule has 0 heterocycles. The van der Waals surface area contributed by atoms with Crippen LogP contribution in [0.3, 0.4) is 0 Å². The summed E-state index contributed by atoms with van der Waals surface area (Å²) in [5.74, 6) is -0.444. The summed E-state index contributed by atoms with van der Waals surface area (Å²) in [6.07, 6.45) is 1.78. The predicted octanol–water partition coefficient (Wildman–Crippen LogP) is 2.53. The van der Waals surface area contributed by atoms with Gasteiger partial charge in [-0.2, -0.15) is 0 Å². The Hall–Kier alpha value is -2.66. The summed E-state index contributed by atoms with van der Waals surface area (Å²) in [6, 6.07) is 18.1. The average molecular weight is 325 g/mol. The zero-order valence-corrected chi connectivity index (χ0v) is 13.7. The van der Waals surface area contributed by atoms with Gasteiger partial charge in [0.15, 0.2) is 0 Å². The number of rotatable bonds is 7. The Morgan fingerprint density at radius 3 is 2.17 bits per heavy atom. The topological polar surface area (TPSA) is 84.2 Å². The molecule has 4 N–H and O–H groups in total. The van der Waals surface area contributed by atoms with E-state index in [9.17, 15) is 9.59 Å². The van der Waals surface area contributed by atoms with Crippen molar-refractivity contribution in [3.8, 4) is 0 Å². The van der Waals surface area contributed by atoms with E-state index < -0.39 is 18.0 Å². The lowest BCUT2D eigenvalue weighted by atomic mass is 10.0. The number of nitrogens with one attached hydrogen (secondary N) is 2. The summed E-state index contributed by atoms with van der Waals surface area (Å²) in [5.41, 5.74) is 7.12. The van der Waals surface area contributed by atoms with E-state index >= 15 is 0 Å². The van der Waals surface area contributed by atoms with E-state index in [1.165, 1.54) is 5.56 Å². The van der Waals surface area contributed by atoms with Crippen molar-refractivity contribution < 1.29 is 9.59 Å². The molecule has 0 aliphatic carbocycles. The molecule has 0 unspecified atom stereocenters. The number of hydrogen-bond acceptors (Lipinski definition) is 3. The molecule has 2 rings (SSSR count). The molecule has 0 fully saturated rings. The second-order valence-corrected chi connectivity index (χ2v) is 5.79. The van der Waals surface area contributed by atoms with Gasteiger partial charge in [0.05, 0.1) is 0 Å². The number of urea groups is 1. The number of carbonyl (C=O) groups excluding carboxylic acids is 2. The standard InChI is InChI=1S/C19H23N3O2/c1-14(12-13-15-8-4-2-5-9-15)21-17(18(23)22-19(20)24)16-10-6-3-7-11-16/h2-11,14,17,21H,12-13H2,1H3,(H3,20,22,23,24)/t14-,17-/m0/s1. The fourth-order valence-electron chi connectivity index (χ4n) is 2.56. The van der Waals surface area contributed by atoms with E-state index in [-0.39, 0.29) is 6.04 Å². The van der Waals surface area contributed by atoms with E-state index in [4.69, 9.17) is 5.73 Å². The second-order valence-electron chi connectivity index (χ2n) is 5.79. The largest absolute Gasteiger partial charge is 0.351 e. The molecule has 5 nitrogen and oxygen atoms in total. The molecule has 2 aromatic rings. The van der Waals surface area contributed by atoms with Crippen molar-refractivity contribution in [3.05, 3.63) is 71.8 Å². The molecular formula is C19H23N3O2. The van der Waals surface area contributed by atoms with E-state index in [1.54, 1.807) is 0 Å². The van der Waals surface area contributed by atoms with E-state index in [0.29, 0.717) is 0 Å². The Balaban J connectivity index is 2.01. The first kappa shape index (κ1) is 17.7. The van der Waals surface area contributed by atoms with Gasteiger partial charge < -0.3 is 5.73 Å². The molecule has 2 atom stereocenters. The van der Waals surface area contributed by atoms with Crippen LogP contribution in [0.2, 0.25) is 0 Å². The number of hydrogen-bond donors (Lipinski definition) is 3. The third-order valence-corrected chi connectivity index (χ3v) is 3.80. The maximum absolute atomic E-state index is 12.3. The van der Waals surface area contributed by atoms with Gasteiger partial charge in [-0.25, -0.2) is 4.79 Å². The maximum atomic E-state index is 12.3. The molecule has 0 aromatic heterocycles. The smallest absolute Gasteiger partial charge is 0.318 e. The zero-order chi connectivity index (χ0) is 17.4. The molecular weight excluding hydrogens is 302 g/mol. The first-order chi connectivity index (χ1) is 11.6. The van der Waals surface area contributed by atoms with Gasteiger partial charge in [0.25, 0.3) is 0 Å². The molecule has 0 aliphatic heterocycles. The first-order valence-electron chi connectivity index (χ1n) is 8.01. The van der Waals surface area contributed by atoms with Gasteiger partial charge in [-0.05, 0) is 30.9 Å². The van der Waals surface area contributed by atoms with E-state index in [1.807, 2.05) is 55.5 Å². The number of carbonyl (C=O) groups is 2. The number of nitrogens with two attached hydrogens (primary N) is 1. The number of benzene rings is 2. The van der Waals surface area contributed by atoms with Crippen molar-refractivity contribution in [2.75, 3.05) is 0 Å². The molecule has 0 saturated carbocycles. The van der Waals surface area contributed by atoms with Crippen LogP contribution in [-0.2, 0) is 11.2 Å². The molecule has 2 aromatic carbocycles. The van der Waals surface area contributed by atoms with Crippen LogP contribution in [0.5, 0.6) is 0 Å². The van der Waals surface area contributed by atoms with Crippen molar-refractivity contribution >= 4 is 11.9 Å². The summed E-state index contributed by atoms with van der Waals surface area (Å²) in [5, 5.41) is 5.45. The minimum Gasteiger partial charge on any atom is -0.351 e. The highest BCUT2D eigenvalue weighted by atomic mass is 16.2. The second kappa shape index (κ2) is 8.84. The highest BCUT2D eigenvalue weighted by Crippen LogP contribution is 2.15. The summed E-state index contributed by atoms with van der Waals surface area (Å²) in [4.78, 5) is 23.3. The Labute approximate surface area is 142 Å². The van der Waals surface area contributed by atoms with Gasteiger partial charge in [0.2, 0.25) is 5.91 Å². The highest BCUT2D eigenvalue weighted by molar-refractivity contribution is 5.96. The molecule has 0 radical (unpaired) electrons. The summed E-state index contributed by atoms with van der Waals surface area (Å²) >= 11 is 0. The third kappa shape index (κ3) is 5.52. The lowest BCUT2D eigenvalue weighted by molar-refractivity contribution is -0.122. The quantitative estimate of drug-likeness (QED) is 0.731. The summed E-state index contributed by atoms with van der Waals surface area (Å²) in [7, 11) is 0. The molecule has 126 valence electrons.